The first-order valence-corrected chi connectivity index (χ1v) is 9.55. The van der Waals surface area contributed by atoms with Crippen LogP contribution < -0.4 is 10.6 Å². The van der Waals surface area contributed by atoms with Crippen molar-refractivity contribution in [2.75, 3.05) is 19.6 Å². The van der Waals surface area contributed by atoms with E-state index >= 15 is 0 Å². The Bertz CT molecular complexity index is 637. The van der Waals surface area contributed by atoms with E-state index in [0.717, 1.165) is 25.2 Å². The molecule has 1 aromatic carbocycles. The first-order chi connectivity index (χ1) is 11.7. The third kappa shape index (κ3) is 4.75. The first-order valence-electron chi connectivity index (χ1n) is 8.26. The van der Waals surface area contributed by atoms with Gasteiger partial charge in [0.2, 0.25) is 0 Å². The van der Waals surface area contributed by atoms with E-state index in [-0.39, 0.29) is 5.82 Å². The molecule has 128 valence electrons. The Hall–Kier alpha value is -1.50. The summed E-state index contributed by atoms with van der Waals surface area (Å²) in [6.07, 6.45) is 2.55. The molecule has 0 spiro atoms. The van der Waals surface area contributed by atoms with E-state index in [9.17, 15) is 4.39 Å². The highest BCUT2D eigenvalue weighted by molar-refractivity contribution is 7.80. The number of benzene rings is 1. The van der Waals surface area contributed by atoms with E-state index in [2.05, 4.69) is 33.0 Å². The monoisotopic (exact) mass is 363 g/mol. The van der Waals surface area contributed by atoms with Crippen molar-refractivity contribution in [1.29, 1.82) is 0 Å². The van der Waals surface area contributed by atoms with E-state index in [1.807, 2.05) is 0 Å². The Kier molecular flexibility index (Phi) is 6.18. The molecule has 1 aromatic heterocycles. The maximum Gasteiger partial charge on any atom is 0.166 e. The molecule has 3 nitrogen and oxygen atoms in total. The van der Waals surface area contributed by atoms with Gasteiger partial charge < -0.3 is 10.6 Å². The fourth-order valence-corrected chi connectivity index (χ4v) is 4.00. The Labute approximate surface area is 151 Å². The van der Waals surface area contributed by atoms with Crippen LogP contribution >= 0.6 is 23.6 Å². The molecule has 1 atom stereocenters. The van der Waals surface area contributed by atoms with Crippen molar-refractivity contribution in [1.82, 2.24) is 15.5 Å². The van der Waals surface area contributed by atoms with Gasteiger partial charge in [-0.3, -0.25) is 4.90 Å². The van der Waals surface area contributed by atoms with Gasteiger partial charge in [-0.25, -0.2) is 4.39 Å². The predicted molar refractivity (Wildman–Crippen MR) is 102 cm³/mol. The Morgan fingerprint density at radius 1 is 1.17 bits per heavy atom. The molecular weight excluding hydrogens is 341 g/mol. The SMILES string of the molecule is Fc1ccc(CNC(=S)NC[C@@H](c2cccs2)N2CCCC2)cc1. The van der Waals surface area contributed by atoms with Crippen LogP contribution in [0, 0.1) is 5.82 Å². The molecule has 0 amide bonds. The molecule has 1 saturated heterocycles. The maximum absolute atomic E-state index is 12.9. The number of hydrogen-bond acceptors (Lipinski definition) is 3. The number of rotatable bonds is 6. The molecule has 3 rings (SSSR count). The fourth-order valence-electron chi connectivity index (χ4n) is 2.98. The lowest BCUT2D eigenvalue weighted by Crippen LogP contribution is -2.41. The van der Waals surface area contributed by atoms with Gasteiger partial charge in [0.15, 0.2) is 5.11 Å². The summed E-state index contributed by atoms with van der Waals surface area (Å²) in [5.41, 5.74) is 1.01. The molecule has 2 heterocycles. The average molecular weight is 364 g/mol. The zero-order chi connectivity index (χ0) is 16.8. The first kappa shape index (κ1) is 17.3. The largest absolute Gasteiger partial charge is 0.361 e. The molecule has 0 saturated carbocycles. The highest BCUT2D eigenvalue weighted by Crippen LogP contribution is 2.27. The molecule has 1 aliphatic heterocycles. The van der Waals surface area contributed by atoms with E-state index < -0.39 is 0 Å². The van der Waals surface area contributed by atoms with Crippen molar-refractivity contribution < 1.29 is 4.39 Å². The van der Waals surface area contributed by atoms with Crippen LogP contribution in [-0.2, 0) is 6.54 Å². The topological polar surface area (TPSA) is 27.3 Å². The van der Waals surface area contributed by atoms with E-state index in [0.29, 0.717) is 17.7 Å². The minimum absolute atomic E-state index is 0.219. The van der Waals surface area contributed by atoms with Crippen LogP contribution in [0.4, 0.5) is 4.39 Å². The summed E-state index contributed by atoms with van der Waals surface area (Å²) < 4.78 is 12.9. The van der Waals surface area contributed by atoms with E-state index in [1.54, 1.807) is 23.5 Å². The molecule has 0 bridgehead atoms. The minimum atomic E-state index is -0.219. The van der Waals surface area contributed by atoms with Crippen molar-refractivity contribution in [3.05, 3.63) is 58.0 Å². The van der Waals surface area contributed by atoms with Gasteiger partial charge >= 0.3 is 0 Å². The average Bonchev–Trinajstić information content (AvgIpc) is 3.29. The van der Waals surface area contributed by atoms with Crippen LogP contribution in [0.25, 0.3) is 0 Å². The van der Waals surface area contributed by atoms with Crippen molar-refractivity contribution in [3.8, 4) is 0 Å². The summed E-state index contributed by atoms with van der Waals surface area (Å²) in [4.78, 5) is 3.91. The molecule has 0 radical (unpaired) electrons. The summed E-state index contributed by atoms with van der Waals surface area (Å²) in [5, 5.41) is 9.30. The summed E-state index contributed by atoms with van der Waals surface area (Å²) >= 11 is 7.19. The number of hydrogen-bond donors (Lipinski definition) is 2. The fraction of sp³-hybridized carbons (Fsp3) is 0.389. The van der Waals surface area contributed by atoms with Gasteiger partial charge in [0.05, 0.1) is 6.04 Å². The summed E-state index contributed by atoms with van der Waals surface area (Å²) in [7, 11) is 0. The number of likely N-dealkylation sites (tertiary alicyclic amines) is 1. The van der Waals surface area contributed by atoms with Crippen molar-refractivity contribution in [2.24, 2.45) is 0 Å². The highest BCUT2D eigenvalue weighted by Gasteiger charge is 2.24. The Morgan fingerprint density at radius 2 is 1.92 bits per heavy atom. The smallest absolute Gasteiger partial charge is 0.166 e. The van der Waals surface area contributed by atoms with Gasteiger partial charge in [-0.15, -0.1) is 11.3 Å². The third-order valence-corrected chi connectivity index (χ3v) is 5.54. The van der Waals surface area contributed by atoms with Gasteiger partial charge in [0, 0.05) is 18.0 Å². The second kappa shape index (κ2) is 8.55. The van der Waals surface area contributed by atoms with Crippen LogP contribution in [0.15, 0.2) is 41.8 Å². The zero-order valence-electron chi connectivity index (χ0n) is 13.5. The lowest BCUT2D eigenvalue weighted by Gasteiger charge is -2.27. The minimum Gasteiger partial charge on any atom is -0.361 e. The van der Waals surface area contributed by atoms with Crippen molar-refractivity contribution in [2.45, 2.75) is 25.4 Å². The summed E-state index contributed by atoms with van der Waals surface area (Å²) in [6.45, 7) is 3.70. The van der Waals surface area contributed by atoms with Crippen LogP contribution in [0.2, 0.25) is 0 Å². The Morgan fingerprint density at radius 3 is 2.58 bits per heavy atom. The zero-order valence-corrected chi connectivity index (χ0v) is 15.1. The van der Waals surface area contributed by atoms with E-state index in [1.165, 1.54) is 29.9 Å². The van der Waals surface area contributed by atoms with Gasteiger partial charge in [0.1, 0.15) is 5.82 Å². The summed E-state index contributed by atoms with van der Waals surface area (Å²) in [5.74, 6) is -0.219. The lowest BCUT2D eigenvalue weighted by atomic mass is 10.2. The molecule has 1 fully saturated rings. The number of thiocarbonyl (C=S) groups is 1. The van der Waals surface area contributed by atoms with Gasteiger partial charge in [-0.1, -0.05) is 18.2 Å². The maximum atomic E-state index is 12.9. The van der Waals surface area contributed by atoms with Crippen molar-refractivity contribution in [3.63, 3.8) is 0 Å². The second-order valence-electron chi connectivity index (χ2n) is 5.96. The molecule has 6 heteroatoms. The van der Waals surface area contributed by atoms with E-state index in [4.69, 9.17) is 12.2 Å². The van der Waals surface area contributed by atoms with Crippen LogP contribution in [0.5, 0.6) is 0 Å². The van der Waals surface area contributed by atoms with Crippen LogP contribution in [-0.4, -0.2) is 29.6 Å². The van der Waals surface area contributed by atoms with Gasteiger partial charge in [-0.05, 0) is 67.3 Å². The molecule has 1 aliphatic rings. The molecular formula is C18H22FN3S2. The molecule has 0 aliphatic carbocycles. The van der Waals surface area contributed by atoms with Crippen molar-refractivity contribution >= 4 is 28.7 Å². The predicted octanol–water partition coefficient (Wildman–Crippen LogP) is 3.69. The van der Waals surface area contributed by atoms with Crippen LogP contribution in [0.3, 0.4) is 0 Å². The Balaban J connectivity index is 1.50. The molecule has 2 N–H and O–H groups in total. The van der Waals surface area contributed by atoms with Gasteiger partial charge in [-0.2, -0.15) is 0 Å². The molecule has 0 unspecified atom stereocenters. The summed E-state index contributed by atoms with van der Waals surface area (Å²) in [6, 6.07) is 11.1. The molecule has 24 heavy (non-hydrogen) atoms. The number of nitrogens with zero attached hydrogens (tertiary/aromatic N) is 1. The highest BCUT2D eigenvalue weighted by atomic mass is 32.1. The number of thiophene rings is 1. The quantitative estimate of drug-likeness (QED) is 0.766. The normalized spacial score (nSPS) is 16.0. The number of halogens is 1. The third-order valence-electron chi connectivity index (χ3n) is 4.28. The lowest BCUT2D eigenvalue weighted by molar-refractivity contribution is 0.249. The van der Waals surface area contributed by atoms with Crippen LogP contribution in [0.1, 0.15) is 29.3 Å². The second-order valence-corrected chi connectivity index (χ2v) is 7.35. The number of nitrogens with one attached hydrogen (secondary N) is 2. The molecule has 2 aromatic rings. The standard InChI is InChI=1S/C18H22FN3S2/c19-15-7-5-14(6-8-15)12-20-18(23)21-13-16(17-4-3-11-24-17)22-9-1-2-10-22/h3-8,11,16H,1-2,9-10,12-13H2,(H2,20,21,23)/t16-/m0/s1. The van der Waals surface area contributed by atoms with Gasteiger partial charge in [0.25, 0.3) is 0 Å².